The summed E-state index contributed by atoms with van der Waals surface area (Å²) >= 11 is 6.99. The molecule has 1 aliphatic heterocycles. The first kappa shape index (κ1) is 11.9. The molecule has 0 N–H and O–H groups in total. The van der Waals surface area contributed by atoms with Crippen LogP contribution in [0.1, 0.15) is 18.5 Å². The molecule has 16 heavy (non-hydrogen) atoms. The van der Waals surface area contributed by atoms with E-state index in [0.717, 1.165) is 16.9 Å². The molecule has 0 radical (unpaired) electrons. The van der Waals surface area contributed by atoms with E-state index in [9.17, 15) is 0 Å². The molecule has 1 saturated heterocycles. The summed E-state index contributed by atoms with van der Waals surface area (Å²) in [6, 6.07) is 11.1. The van der Waals surface area contributed by atoms with Gasteiger partial charge in [-0.25, -0.2) is 0 Å². The van der Waals surface area contributed by atoms with Crippen LogP contribution >= 0.6 is 24.0 Å². The Labute approximate surface area is 107 Å². The van der Waals surface area contributed by atoms with E-state index in [1.807, 2.05) is 0 Å². The van der Waals surface area contributed by atoms with Gasteiger partial charge in [0.05, 0.1) is 12.5 Å². The molecule has 1 aromatic carbocycles. The summed E-state index contributed by atoms with van der Waals surface area (Å²) < 4.78 is 0.997. The fraction of sp³-hybridized carbons (Fsp3) is 0.417. The molecule has 1 aliphatic rings. The Morgan fingerprint density at radius 1 is 1.31 bits per heavy atom. The lowest BCUT2D eigenvalue weighted by Gasteiger charge is -2.38. The summed E-state index contributed by atoms with van der Waals surface area (Å²) in [4.78, 5) is 4.55. The minimum absolute atomic E-state index is 0.444. The molecule has 0 spiro atoms. The van der Waals surface area contributed by atoms with E-state index < -0.39 is 0 Å². The first-order chi connectivity index (χ1) is 7.68. The van der Waals surface area contributed by atoms with Crippen molar-refractivity contribution in [2.45, 2.75) is 13.0 Å². The number of hydrogen-bond donors (Lipinski definition) is 0. The minimum atomic E-state index is 0.444. The Kier molecular flexibility index (Phi) is 3.84. The van der Waals surface area contributed by atoms with Crippen LogP contribution in [0.3, 0.4) is 0 Å². The van der Waals surface area contributed by atoms with Crippen LogP contribution in [-0.2, 0) is 0 Å². The summed E-state index contributed by atoms with van der Waals surface area (Å²) in [6.45, 7) is 3.17. The van der Waals surface area contributed by atoms with Crippen molar-refractivity contribution >= 4 is 28.3 Å². The van der Waals surface area contributed by atoms with Crippen molar-refractivity contribution in [3.63, 3.8) is 0 Å². The van der Waals surface area contributed by atoms with Crippen molar-refractivity contribution in [2.24, 2.45) is 0 Å². The predicted octanol–water partition coefficient (Wildman–Crippen LogP) is 2.93. The van der Waals surface area contributed by atoms with Crippen molar-refractivity contribution in [3.8, 4) is 0 Å². The molecule has 1 atom stereocenters. The number of rotatable bonds is 2. The monoisotopic (exact) mass is 252 g/mol. The molecule has 4 heteroatoms. The van der Waals surface area contributed by atoms with Gasteiger partial charge in [0.15, 0.2) is 0 Å². The molecular weight excluding hydrogens is 236 g/mol. The Morgan fingerprint density at radius 3 is 2.62 bits per heavy atom. The van der Waals surface area contributed by atoms with Gasteiger partial charge in [-0.1, -0.05) is 54.3 Å². The zero-order valence-electron chi connectivity index (χ0n) is 9.59. The molecular formula is C12H16N2S2. The molecule has 0 aliphatic carbocycles. The highest BCUT2D eigenvalue weighted by molar-refractivity contribution is 8.22. The summed E-state index contributed by atoms with van der Waals surface area (Å²) in [6.07, 6.45) is 0. The topological polar surface area (TPSA) is 6.48 Å². The Bertz CT molecular complexity index is 367. The fourth-order valence-electron chi connectivity index (χ4n) is 1.80. The van der Waals surface area contributed by atoms with Gasteiger partial charge in [0.25, 0.3) is 0 Å². The number of thiocarbonyl (C=S) groups is 1. The van der Waals surface area contributed by atoms with E-state index in [-0.39, 0.29) is 0 Å². The highest BCUT2D eigenvalue weighted by atomic mass is 32.2. The summed E-state index contributed by atoms with van der Waals surface area (Å²) in [5, 5.41) is 0. The summed E-state index contributed by atoms with van der Waals surface area (Å²) in [5.41, 5.74) is 1.37. The van der Waals surface area contributed by atoms with Gasteiger partial charge in [0.2, 0.25) is 0 Å². The highest BCUT2D eigenvalue weighted by Gasteiger charge is 2.23. The molecule has 1 fully saturated rings. The van der Waals surface area contributed by atoms with Crippen LogP contribution in [0.5, 0.6) is 0 Å². The second-order valence-electron chi connectivity index (χ2n) is 4.05. The van der Waals surface area contributed by atoms with Crippen molar-refractivity contribution in [1.29, 1.82) is 0 Å². The van der Waals surface area contributed by atoms with Crippen LogP contribution in [0.15, 0.2) is 30.3 Å². The minimum Gasteiger partial charge on any atom is -0.348 e. The van der Waals surface area contributed by atoms with Gasteiger partial charge in [0, 0.05) is 13.1 Å². The molecule has 0 aromatic heterocycles. The predicted molar refractivity (Wildman–Crippen MR) is 74.4 cm³/mol. The van der Waals surface area contributed by atoms with E-state index in [0.29, 0.717) is 6.04 Å². The average Bonchev–Trinajstić information content (AvgIpc) is 2.33. The molecule has 1 heterocycles. The quantitative estimate of drug-likeness (QED) is 0.746. The molecule has 1 unspecified atom stereocenters. The molecule has 86 valence electrons. The Balaban J connectivity index is 2.06. The van der Waals surface area contributed by atoms with Crippen LogP contribution in [-0.4, -0.2) is 33.7 Å². The van der Waals surface area contributed by atoms with Crippen molar-refractivity contribution < 1.29 is 0 Å². The van der Waals surface area contributed by atoms with Crippen LogP contribution < -0.4 is 0 Å². The zero-order chi connectivity index (χ0) is 11.5. The number of hydrogen-bond acceptors (Lipinski definition) is 3. The first-order valence-electron chi connectivity index (χ1n) is 5.35. The third kappa shape index (κ3) is 2.56. The lowest BCUT2D eigenvalue weighted by Crippen LogP contribution is -2.43. The molecule has 1 aromatic rings. The zero-order valence-corrected chi connectivity index (χ0v) is 11.2. The van der Waals surface area contributed by atoms with Gasteiger partial charge >= 0.3 is 0 Å². The van der Waals surface area contributed by atoms with E-state index in [1.165, 1.54) is 5.56 Å². The van der Waals surface area contributed by atoms with Crippen LogP contribution in [0.25, 0.3) is 0 Å². The number of thioether (sulfide) groups is 1. The van der Waals surface area contributed by atoms with Crippen LogP contribution in [0.4, 0.5) is 0 Å². The largest absolute Gasteiger partial charge is 0.348 e. The maximum atomic E-state index is 5.25. The van der Waals surface area contributed by atoms with Gasteiger partial charge in [-0.05, 0) is 12.5 Å². The normalized spacial score (nSPS) is 19.9. The maximum absolute atomic E-state index is 5.25. The second-order valence-corrected chi connectivity index (χ2v) is 5.63. The molecule has 0 bridgehead atoms. The van der Waals surface area contributed by atoms with Crippen molar-refractivity contribution in [3.05, 3.63) is 35.9 Å². The lowest BCUT2D eigenvalue weighted by molar-refractivity contribution is 0.182. The maximum Gasteiger partial charge on any atom is 0.138 e. The van der Waals surface area contributed by atoms with Gasteiger partial charge in [-0.3, -0.25) is 4.90 Å². The van der Waals surface area contributed by atoms with Crippen molar-refractivity contribution in [2.75, 3.05) is 19.6 Å². The summed E-state index contributed by atoms with van der Waals surface area (Å²) in [5.74, 6) is 0.985. The van der Waals surface area contributed by atoms with Crippen LogP contribution in [0, 0.1) is 0 Å². The highest BCUT2D eigenvalue weighted by Crippen LogP contribution is 2.26. The molecule has 2 nitrogen and oxygen atoms in total. The Morgan fingerprint density at radius 2 is 2.00 bits per heavy atom. The summed E-state index contributed by atoms with van der Waals surface area (Å²) in [7, 11) is 2.05. The standard InChI is InChI=1S/C12H16N2S2/c1-10(11-6-4-3-5-7-11)14-8-13(2)12(15)16-9-14/h3-7,10H,8-9H2,1-2H3. The fourth-order valence-corrected chi connectivity index (χ4v) is 2.87. The lowest BCUT2D eigenvalue weighted by atomic mass is 10.1. The third-order valence-electron chi connectivity index (χ3n) is 2.89. The smallest absolute Gasteiger partial charge is 0.138 e. The van der Waals surface area contributed by atoms with E-state index in [1.54, 1.807) is 11.8 Å². The average molecular weight is 252 g/mol. The van der Waals surface area contributed by atoms with E-state index >= 15 is 0 Å². The number of benzene rings is 1. The third-order valence-corrected chi connectivity index (χ3v) is 4.57. The van der Waals surface area contributed by atoms with E-state index in [4.69, 9.17) is 12.2 Å². The second kappa shape index (κ2) is 5.17. The van der Waals surface area contributed by atoms with Gasteiger partial charge in [-0.2, -0.15) is 0 Å². The molecule has 0 amide bonds. The van der Waals surface area contributed by atoms with Gasteiger partial charge in [-0.15, -0.1) is 0 Å². The van der Waals surface area contributed by atoms with Gasteiger partial charge < -0.3 is 4.90 Å². The molecule has 2 rings (SSSR count). The van der Waals surface area contributed by atoms with Crippen LogP contribution in [0.2, 0.25) is 0 Å². The molecule has 0 saturated carbocycles. The first-order valence-corrected chi connectivity index (χ1v) is 6.75. The Hall–Kier alpha value is -0.580. The van der Waals surface area contributed by atoms with Gasteiger partial charge in [0.1, 0.15) is 4.32 Å². The SMILES string of the molecule is CC(c1ccccc1)N1CSC(=S)N(C)C1. The van der Waals surface area contributed by atoms with Crippen molar-refractivity contribution in [1.82, 2.24) is 9.80 Å². The number of nitrogens with zero attached hydrogens (tertiary/aromatic N) is 2. The van der Waals surface area contributed by atoms with E-state index in [2.05, 4.69) is 54.1 Å².